The third-order valence-corrected chi connectivity index (χ3v) is 3.93. The monoisotopic (exact) mass is 367 g/mol. The minimum atomic E-state index is -0.544. The highest BCUT2D eigenvalue weighted by Crippen LogP contribution is 2.20. The van der Waals surface area contributed by atoms with E-state index in [0.717, 1.165) is 5.56 Å². The Kier molecular flexibility index (Phi) is 5.12. The maximum Gasteiger partial charge on any atom is 0.329 e. The van der Waals surface area contributed by atoms with Gasteiger partial charge in [-0.05, 0) is 38.8 Å². The molecule has 0 amide bonds. The summed E-state index contributed by atoms with van der Waals surface area (Å²) in [5.74, 6) is 0.940. The number of fused-ring (bicyclic) bond motifs is 1. The average Bonchev–Trinajstić information content (AvgIpc) is 3.01. The van der Waals surface area contributed by atoms with Crippen LogP contribution in [0.1, 0.15) is 34.6 Å². The van der Waals surface area contributed by atoms with E-state index in [2.05, 4.69) is 20.6 Å². The Morgan fingerprint density at radius 2 is 1.78 bits per heavy atom. The Morgan fingerprint density at radius 1 is 1.07 bits per heavy atom. The standard InChI is InChI=1S/C20H25N5O2/c1-13(2)17(19(26)27-20(3,4)5)21-15-11-12-16-22-23-18(25(16)24-15)14-9-7-6-8-10-14/h6-13,17H,1-5H3,(H,21,24)/t17-/m1/s1. The van der Waals surface area contributed by atoms with Gasteiger partial charge in [0, 0.05) is 5.56 Å². The molecule has 0 aliphatic rings. The Labute approximate surface area is 158 Å². The summed E-state index contributed by atoms with van der Waals surface area (Å²) < 4.78 is 7.21. The van der Waals surface area contributed by atoms with Gasteiger partial charge in [0.25, 0.3) is 0 Å². The van der Waals surface area contributed by atoms with Crippen molar-refractivity contribution in [1.29, 1.82) is 0 Å². The van der Waals surface area contributed by atoms with Crippen LogP contribution in [0.25, 0.3) is 17.0 Å². The molecule has 3 aromatic rings. The van der Waals surface area contributed by atoms with Crippen molar-refractivity contribution in [3.63, 3.8) is 0 Å². The number of hydrogen-bond acceptors (Lipinski definition) is 6. The van der Waals surface area contributed by atoms with Crippen LogP contribution in [0.3, 0.4) is 0 Å². The zero-order valence-corrected chi connectivity index (χ0v) is 16.3. The molecule has 0 unspecified atom stereocenters. The topological polar surface area (TPSA) is 81.4 Å². The van der Waals surface area contributed by atoms with Crippen LogP contribution in [0, 0.1) is 5.92 Å². The highest BCUT2D eigenvalue weighted by molar-refractivity contribution is 5.79. The zero-order chi connectivity index (χ0) is 19.6. The molecule has 2 aromatic heterocycles. The number of rotatable bonds is 5. The quantitative estimate of drug-likeness (QED) is 0.694. The molecule has 0 aliphatic heterocycles. The third kappa shape index (κ3) is 4.42. The molecule has 1 aromatic carbocycles. The lowest BCUT2D eigenvalue weighted by Crippen LogP contribution is -2.40. The van der Waals surface area contributed by atoms with Gasteiger partial charge in [-0.1, -0.05) is 44.2 Å². The Balaban J connectivity index is 1.91. The molecule has 0 radical (unpaired) electrons. The van der Waals surface area contributed by atoms with E-state index in [1.807, 2.05) is 71.0 Å². The fraction of sp³-hybridized carbons (Fsp3) is 0.400. The molecule has 0 saturated heterocycles. The van der Waals surface area contributed by atoms with Crippen LogP contribution in [0.2, 0.25) is 0 Å². The van der Waals surface area contributed by atoms with Gasteiger partial charge >= 0.3 is 5.97 Å². The highest BCUT2D eigenvalue weighted by Gasteiger charge is 2.28. The number of ether oxygens (including phenoxy) is 1. The predicted molar refractivity (Wildman–Crippen MR) is 104 cm³/mol. The second kappa shape index (κ2) is 7.34. The number of esters is 1. The first kappa shape index (κ1) is 18.8. The van der Waals surface area contributed by atoms with Gasteiger partial charge < -0.3 is 10.1 Å². The Bertz CT molecular complexity index is 928. The molecule has 0 fully saturated rings. The van der Waals surface area contributed by atoms with Crippen molar-refractivity contribution in [3.05, 3.63) is 42.5 Å². The summed E-state index contributed by atoms with van der Waals surface area (Å²) in [5, 5.41) is 16.2. The van der Waals surface area contributed by atoms with Gasteiger partial charge in [0.15, 0.2) is 11.5 Å². The maximum atomic E-state index is 12.6. The summed E-state index contributed by atoms with van der Waals surface area (Å²) >= 11 is 0. The lowest BCUT2D eigenvalue weighted by molar-refractivity contribution is -0.156. The first-order valence-corrected chi connectivity index (χ1v) is 9.02. The Morgan fingerprint density at radius 3 is 2.41 bits per heavy atom. The van der Waals surface area contributed by atoms with E-state index in [1.165, 1.54) is 0 Å². The smallest absolute Gasteiger partial charge is 0.329 e. The minimum absolute atomic E-state index is 0.0341. The number of benzene rings is 1. The van der Waals surface area contributed by atoms with E-state index >= 15 is 0 Å². The molecule has 7 heteroatoms. The molecule has 1 atom stereocenters. The van der Waals surface area contributed by atoms with Crippen LogP contribution in [-0.4, -0.2) is 37.4 Å². The van der Waals surface area contributed by atoms with Crippen molar-refractivity contribution < 1.29 is 9.53 Å². The van der Waals surface area contributed by atoms with Crippen molar-refractivity contribution in [1.82, 2.24) is 19.8 Å². The summed E-state index contributed by atoms with van der Waals surface area (Å²) in [5.41, 5.74) is 1.01. The maximum absolute atomic E-state index is 12.6. The molecule has 27 heavy (non-hydrogen) atoms. The van der Waals surface area contributed by atoms with E-state index in [1.54, 1.807) is 10.6 Å². The molecule has 142 valence electrons. The average molecular weight is 367 g/mol. The second-order valence-corrected chi connectivity index (χ2v) is 7.78. The summed E-state index contributed by atoms with van der Waals surface area (Å²) in [6.07, 6.45) is 0. The molecule has 7 nitrogen and oxygen atoms in total. The van der Waals surface area contributed by atoms with E-state index < -0.39 is 11.6 Å². The van der Waals surface area contributed by atoms with E-state index in [-0.39, 0.29) is 11.9 Å². The van der Waals surface area contributed by atoms with Crippen molar-refractivity contribution in [3.8, 4) is 11.4 Å². The molecular formula is C20H25N5O2. The summed E-state index contributed by atoms with van der Waals surface area (Å²) in [4.78, 5) is 12.6. The SMILES string of the molecule is CC(C)[C@@H](Nc1ccc2nnc(-c3ccccc3)n2n1)C(=O)OC(C)(C)C. The number of carbonyl (C=O) groups excluding carboxylic acids is 1. The van der Waals surface area contributed by atoms with Crippen LogP contribution in [0.15, 0.2) is 42.5 Å². The summed E-state index contributed by atoms with van der Waals surface area (Å²) in [7, 11) is 0. The molecule has 0 spiro atoms. The van der Waals surface area contributed by atoms with Gasteiger partial charge in [-0.25, -0.2) is 4.79 Å². The van der Waals surface area contributed by atoms with Gasteiger partial charge in [0.1, 0.15) is 17.5 Å². The van der Waals surface area contributed by atoms with Gasteiger partial charge in [-0.15, -0.1) is 15.3 Å². The molecule has 0 saturated carbocycles. The number of hydrogen-bond donors (Lipinski definition) is 1. The largest absolute Gasteiger partial charge is 0.458 e. The van der Waals surface area contributed by atoms with Crippen molar-refractivity contribution in [2.45, 2.75) is 46.3 Å². The van der Waals surface area contributed by atoms with Gasteiger partial charge in [0.05, 0.1) is 0 Å². The minimum Gasteiger partial charge on any atom is -0.458 e. The van der Waals surface area contributed by atoms with Crippen molar-refractivity contribution >= 4 is 17.4 Å². The van der Waals surface area contributed by atoms with Crippen LogP contribution in [0.5, 0.6) is 0 Å². The van der Waals surface area contributed by atoms with Crippen LogP contribution < -0.4 is 5.32 Å². The normalized spacial score (nSPS) is 13.0. The summed E-state index contributed by atoms with van der Waals surface area (Å²) in [6.45, 7) is 9.50. The molecule has 1 N–H and O–H groups in total. The molecule has 0 bridgehead atoms. The first-order chi connectivity index (χ1) is 12.7. The van der Waals surface area contributed by atoms with Gasteiger partial charge in [-0.2, -0.15) is 4.52 Å². The second-order valence-electron chi connectivity index (χ2n) is 7.78. The van der Waals surface area contributed by atoms with Crippen molar-refractivity contribution in [2.24, 2.45) is 5.92 Å². The van der Waals surface area contributed by atoms with Gasteiger partial charge in [0.2, 0.25) is 0 Å². The van der Waals surface area contributed by atoms with E-state index in [0.29, 0.717) is 17.3 Å². The van der Waals surface area contributed by atoms with Crippen LogP contribution in [-0.2, 0) is 9.53 Å². The third-order valence-electron chi connectivity index (χ3n) is 3.93. The predicted octanol–water partition coefficient (Wildman–Crippen LogP) is 3.57. The highest BCUT2D eigenvalue weighted by atomic mass is 16.6. The van der Waals surface area contributed by atoms with Crippen LogP contribution in [0.4, 0.5) is 5.82 Å². The van der Waals surface area contributed by atoms with E-state index in [4.69, 9.17) is 4.74 Å². The van der Waals surface area contributed by atoms with Crippen LogP contribution >= 0.6 is 0 Å². The lowest BCUT2D eigenvalue weighted by atomic mass is 10.0. The molecule has 2 heterocycles. The first-order valence-electron chi connectivity index (χ1n) is 9.02. The lowest BCUT2D eigenvalue weighted by Gasteiger charge is -2.26. The van der Waals surface area contributed by atoms with E-state index in [9.17, 15) is 4.79 Å². The number of nitrogens with zero attached hydrogens (tertiary/aromatic N) is 4. The molecular weight excluding hydrogens is 342 g/mol. The fourth-order valence-corrected chi connectivity index (χ4v) is 2.66. The zero-order valence-electron chi connectivity index (χ0n) is 16.3. The molecule has 3 rings (SSSR count). The number of nitrogens with one attached hydrogen (secondary N) is 1. The number of aromatic nitrogens is 4. The Hall–Kier alpha value is -2.96. The fourth-order valence-electron chi connectivity index (χ4n) is 2.66. The molecule has 0 aliphatic carbocycles. The van der Waals surface area contributed by atoms with Crippen molar-refractivity contribution in [2.75, 3.05) is 5.32 Å². The number of anilines is 1. The van der Waals surface area contributed by atoms with Gasteiger partial charge in [-0.3, -0.25) is 0 Å². The number of carbonyl (C=O) groups is 1. The summed E-state index contributed by atoms with van der Waals surface area (Å²) in [6, 6.07) is 12.8.